The van der Waals surface area contributed by atoms with Crippen LogP contribution in [0.4, 0.5) is 11.4 Å². The standard InChI is InChI=1S/C19H20N6O5/c1-3-25-17(19(29)22-13-5-4-6-14(7-13)30-2)15(9-21-25)23-18(28)12-8-20-24(10-12)11-16(26)27/h4-10H,3,11H2,1-2H3,(H,22,29)(H,23,28)(H,26,27). The number of aliphatic carboxylic acids is 1. The van der Waals surface area contributed by atoms with E-state index in [9.17, 15) is 14.4 Å². The van der Waals surface area contributed by atoms with Crippen molar-refractivity contribution in [3.05, 3.63) is 54.1 Å². The SMILES string of the molecule is CCn1ncc(NC(=O)c2cnn(CC(=O)O)c2)c1C(=O)Nc1cccc(OC)c1. The zero-order valence-corrected chi connectivity index (χ0v) is 16.3. The Labute approximate surface area is 171 Å². The molecule has 0 aliphatic carbocycles. The first-order chi connectivity index (χ1) is 14.4. The molecule has 0 spiro atoms. The molecule has 30 heavy (non-hydrogen) atoms. The molecule has 0 aliphatic heterocycles. The Morgan fingerprint density at radius 1 is 1.13 bits per heavy atom. The highest BCUT2D eigenvalue weighted by Gasteiger charge is 2.21. The number of methoxy groups -OCH3 is 1. The second kappa shape index (κ2) is 8.90. The minimum atomic E-state index is -1.08. The van der Waals surface area contributed by atoms with Gasteiger partial charge >= 0.3 is 5.97 Å². The number of carbonyl (C=O) groups excluding carboxylic acids is 2. The molecule has 0 fully saturated rings. The van der Waals surface area contributed by atoms with Crippen LogP contribution in [0.25, 0.3) is 0 Å². The van der Waals surface area contributed by atoms with E-state index < -0.39 is 17.8 Å². The Bertz CT molecular complexity index is 1090. The van der Waals surface area contributed by atoms with Crippen LogP contribution >= 0.6 is 0 Å². The molecule has 1 aromatic carbocycles. The van der Waals surface area contributed by atoms with Gasteiger partial charge in [0.15, 0.2) is 0 Å². The van der Waals surface area contributed by atoms with Gasteiger partial charge in [0.2, 0.25) is 0 Å². The highest BCUT2D eigenvalue weighted by molar-refractivity contribution is 6.11. The fourth-order valence-corrected chi connectivity index (χ4v) is 2.75. The number of carboxylic acids is 1. The summed E-state index contributed by atoms with van der Waals surface area (Å²) in [5, 5.41) is 22.2. The highest BCUT2D eigenvalue weighted by atomic mass is 16.5. The summed E-state index contributed by atoms with van der Waals surface area (Å²) in [4.78, 5) is 36.2. The normalized spacial score (nSPS) is 10.5. The molecule has 0 unspecified atom stereocenters. The first kappa shape index (κ1) is 20.6. The molecule has 11 nitrogen and oxygen atoms in total. The van der Waals surface area contributed by atoms with E-state index >= 15 is 0 Å². The van der Waals surface area contributed by atoms with Crippen LogP contribution in [0.15, 0.2) is 42.9 Å². The fraction of sp³-hybridized carbons (Fsp3) is 0.211. The predicted octanol–water partition coefficient (Wildman–Crippen LogP) is 1.70. The third kappa shape index (κ3) is 4.63. The number of rotatable bonds is 8. The van der Waals surface area contributed by atoms with E-state index in [4.69, 9.17) is 9.84 Å². The maximum Gasteiger partial charge on any atom is 0.325 e. The number of ether oxygens (including phenoxy) is 1. The van der Waals surface area contributed by atoms with Gasteiger partial charge in [-0.2, -0.15) is 10.2 Å². The van der Waals surface area contributed by atoms with Gasteiger partial charge < -0.3 is 20.5 Å². The number of nitrogens with one attached hydrogen (secondary N) is 2. The highest BCUT2D eigenvalue weighted by Crippen LogP contribution is 2.21. The number of carboxylic acid groups (broad SMARTS) is 1. The van der Waals surface area contributed by atoms with E-state index in [1.807, 2.05) is 6.92 Å². The second-order valence-electron chi connectivity index (χ2n) is 6.18. The number of hydrogen-bond acceptors (Lipinski definition) is 6. The van der Waals surface area contributed by atoms with Gasteiger partial charge in [0, 0.05) is 24.5 Å². The molecule has 0 radical (unpaired) electrons. The molecule has 2 heterocycles. The molecule has 0 saturated heterocycles. The van der Waals surface area contributed by atoms with Crippen LogP contribution in [-0.4, -0.2) is 49.6 Å². The number of amides is 2. The Balaban J connectivity index is 1.80. The second-order valence-corrected chi connectivity index (χ2v) is 6.18. The number of aryl methyl sites for hydroxylation is 1. The molecule has 2 aromatic heterocycles. The number of nitrogens with zero attached hydrogens (tertiary/aromatic N) is 4. The van der Waals surface area contributed by atoms with Crippen molar-refractivity contribution in [3.8, 4) is 5.75 Å². The Morgan fingerprint density at radius 2 is 1.93 bits per heavy atom. The molecule has 3 aromatic rings. The maximum atomic E-state index is 12.9. The first-order valence-corrected chi connectivity index (χ1v) is 8.98. The van der Waals surface area contributed by atoms with Gasteiger partial charge in [-0.1, -0.05) is 6.07 Å². The molecule has 11 heteroatoms. The topological polar surface area (TPSA) is 140 Å². The zero-order valence-electron chi connectivity index (χ0n) is 16.3. The van der Waals surface area contributed by atoms with Crippen LogP contribution in [0.2, 0.25) is 0 Å². The van der Waals surface area contributed by atoms with Crippen molar-refractivity contribution in [2.75, 3.05) is 17.7 Å². The quantitative estimate of drug-likeness (QED) is 0.511. The first-order valence-electron chi connectivity index (χ1n) is 8.98. The van der Waals surface area contributed by atoms with Gasteiger partial charge in [-0.3, -0.25) is 23.7 Å². The van der Waals surface area contributed by atoms with Crippen molar-refractivity contribution in [1.82, 2.24) is 19.6 Å². The Morgan fingerprint density at radius 3 is 2.63 bits per heavy atom. The number of carbonyl (C=O) groups is 3. The van der Waals surface area contributed by atoms with Gasteiger partial charge in [-0.15, -0.1) is 0 Å². The monoisotopic (exact) mass is 412 g/mol. The van der Waals surface area contributed by atoms with Crippen molar-refractivity contribution in [2.24, 2.45) is 0 Å². The maximum absolute atomic E-state index is 12.9. The van der Waals surface area contributed by atoms with Crippen molar-refractivity contribution < 1.29 is 24.2 Å². The molecule has 0 saturated carbocycles. The molecule has 0 bridgehead atoms. The molecule has 2 amide bonds. The molecule has 3 rings (SSSR count). The van der Waals surface area contributed by atoms with Crippen LogP contribution in [0.3, 0.4) is 0 Å². The predicted molar refractivity (Wildman–Crippen MR) is 107 cm³/mol. The van der Waals surface area contributed by atoms with Crippen LogP contribution < -0.4 is 15.4 Å². The largest absolute Gasteiger partial charge is 0.497 e. The summed E-state index contributed by atoms with van der Waals surface area (Å²) in [5.74, 6) is -1.49. The van der Waals surface area contributed by atoms with E-state index in [1.165, 1.54) is 30.4 Å². The van der Waals surface area contributed by atoms with Crippen molar-refractivity contribution in [3.63, 3.8) is 0 Å². The van der Waals surface area contributed by atoms with Crippen LogP contribution in [-0.2, 0) is 17.9 Å². The minimum absolute atomic E-state index is 0.152. The average Bonchev–Trinajstić information content (AvgIpc) is 3.34. The van der Waals surface area contributed by atoms with Gasteiger partial charge in [-0.05, 0) is 19.1 Å². The molecule has 0 atom stereocenters. The van der Waals surface area contributed by atoms with E-state index in [1.54, 1.807) is 24.3 Å². The third-order valence-corrected chi connectivity index (χ3v) is 4.12. The zero-order chi connectivity index (χ0) is 21.7. The minimum Gasteiger partial charge on any atom is -0.497 e. The number of hydrogen-bond donors (Lipinski definition) is 3. The molecular formula is C19H20N6O5. The fourth-order valence-electron chi connectivity index (χ4n) is 2.75. The summed E-state index contributed by atoms with van der Waals surface area (Å²) >= 11 is 0. The summed E-state index contributed by atoms with van der Waals surface area (Å²) in [5.41, 5.74) is 1.06. The van der Waals surface area contributed by atoms with Crippen LogP contribution in [0, 0.1) is 0 Å². The van der Waals surface area contributed by atoms with E-state index in [0.29, 0.717) is 18.0 Å². The van der Waals surface area contributed by atoms with Crippen LogP contribution in [0.5, 0.6) is 5.75 Å². The summed E-state index contributed by atoms with van der Waals surface area (Å²) in [6.45, 7) is 1.86. The third-order valence-electron chi connectivity index (χ3n) is 4.12. The lowest BCUT2D eigenvalue weighted by Gasteiger charge is -2.10. The van der Waals surface area contributed by atoms with Gasteiger partial charge in [0.05, 0.1) is 30.8 Å². The summed E-state index contributed by atoms with van der Waals surface area (Å²) < 4.78 is 7.74. The van der Waals surface area contributed by atoms with Gasteiger partial charge in [0.25, 0.3) is 11.8 Å². The molecule has 156 valence electrons. The van der Waals surface area contributed by atoms with Crippen molar-refractivity contribution in [1.29, 1.82) is 0 Å². The van der Waals surface area contributed by atoms with E-state index in [-0.39, 0.29) is 23.5 Å². The Kier molecular flexibility index (Phi) is 6.11. The number of anilines is 2. The molecule has 0 aliphatic rings. The van der Waals surface area contributed by atoms with E-state index in [2.05, 4.69) is 20.8 Å². The van der Waals surface area contributed by atoms with Gasteiger partial charge in [-0.25, -0.2) is 0 Å². The Hall–Kier alpha value is -4.15. The van der Waals surface area contributed by atoms with E-state index in [0.717, 1.165) is 4.68 Å². The van der Waals surface area contributed by atoms with Crippen LogP contribution in [0.1, 0.15) is 27.8 Å². The molecule has 3 N–H and O–H groups in total. The smallest absolute Gasteiger partial charge is 0.325 e. The average molecular weight is 412 g/mol. The lowest BCUT2D eigenvalue weighted by molar-refractivity contribution is -0.137. The van der Waals surface area contributed by atoms with Crippen molar-refractivity contribution in [2.45, 2.75) is 20.0 Å². The summed E-state index contributed by atoms with van der Waals surface area (Å²) in [6.07, 6.45) is 3.94. The van der Waals surface area contributed by atoms with Gasteiger partial charge in [0.1, 0.15) is 18.0 Å². The number of aromatic nitrogens is 4. The number of benzene rings is 1. The lowest BCUT2D eigenvalue weighted by Crippen LogP contribution is -2.21. The summed E-state index contributed by atoms with van der Waals surface area (Å²) in [6, 6.07) is 6.87. The molecular weight excluding hydrogens is 392 g/mol. The summed E-state index contributed by atoms with van der Waals surface area (Å²) in [7, 11) is 1.53. The van der Waals surface area contributed by atoms with Crippen molar-refractivity contribution >= 4 is 29.2 Å². The lowest BCUT2D eigenvalue weighted by atomic mass is 10.2.